The van der Waals surface area contributed by atoms with Crippen molar-refractivity contribution in [3.63, 3.8) is 0 Å². The fraction of sp³-hybridized carbons (Fsp3) is 0.273. The Kier molecular flexibility index (Phi) is 3.22. The van der Waals surface area contributed by atoms with Gasteiger partial charge in [0.1, 0.15) is 32.7 Å². The molecule has 1 heterocycles. The zero-order valence-electron chi connectivity index (χ0n) is 14.2. The highest BCUT2D eigenvalue weighted by Crippen LogP contribution is 2.35. The molecule has 2 heteroatoms. The Hall–Kier alpha value is -2.16. The molecule has 0 aliphatic carbocycles. The standard InChI is InChI=1S/C22H22N2/c1-23-11-13-24(14-12-23)15-19-8-7-18-6-5-16-3-2-4-17-9-10-20(19)22(18)21(16)17/h2-10H,11-15H2,1H3/p+2. The van der Waals surface area contributed by atoms with E-state index < -0.39 is 0 Å². The lowest BCUT2D eigenvalue weighted by molar-refractivity contribution is -1.01. The number of benzene rings is 4. The smallest absolute Gasteiger partial charge is 0.127 e. The molecule has 0 radical (unpaired) electrons. The van der Waals surface area contributed by atoms with Gasteiger partial charge in [0.15, 0.2) is 0 Å². The van der Waals surface area contributed by atoms with Crippen molar-refractivity contribution < 1.29 is 9.80 Å². The highest BCUT2D eigenvalue weighted by atomic mass is 15.2. The van der Waals surface area contributed by atoms with Crippen LogP contribution in [0.15, 0.2) is 54.6 Å². The summed E-state index contributed by atoms with van der Waals surface area (Å²) in [7, 11) is 2.31. The van der Waals surface area contributed by atoms with Gasteiger partial charge in [-0.25, -0.2) is 0 Å². The summed E-state index contributed by atoms with van der Waals surface area (Å²) in [6.45, 7) is 6.31. The van der Waals surface area contributed by atoms with E-state index in [1.807, 2.05) is 0 Å². The predicted octanol–water partition coefficient (Wildman–Crippen LogP) is 1.50. The van der Waals surface area contributed by atoms with Crippen LogP contribution in [-0.4, -0.2) is 33.2 Å². The molecule has 0 atom stereocenters. The van der Waals surface area contributed by atoms with Crippen molar-refractivity contribution in [2.75, 3.05) is 33.2 Å². The van der Waals surface area contributed by atoms with Crippen molar-refractivity contribution in [1.29, 1.82) is 0 Å². The zero-order chi connectivity index (χ0) is 16.1. The summed E-state index contributed by atoms with van der Waals surface area (Å²) >= 11 is 0. The van der Waals surface area contributed by atoms with E-state index in [-0.39, 0.29) is 0 Å². The maximum Gasteiger partial charge on any atom is 0.127 e. The summed E-state index contributed by atoms with van der Waals surface area (Å²) in [5.41, 5.74) is 1.51. The van der Waals surface area contributed by atoms with Crippen molar-refractivity contribution in [1.82, 2.24) is 0 Å². The molecule has 1 aliphatic heterocycles. The Morgan fingerprint density at radius 2 is 1.33 bits per heavy atom. The fourth-order valence-corrected chi connectivity index (χ4v) is 4.43. The number of nitrogens with one attached hydrogen (secondary N) is 2. The number of hydrogen-bond acceptors (Lipinski definition) is 0. The van der Waals surface area contributed by atoms with Crippen molar-refractivity contribution in [3.05, 3.63) is 60.2 Å². The summed E-state index contributed by atoms with van der Waals surface area (Å²) in [4.78, 5) is 3.41. The number of piperazine rings is 1. The van der Waals surface area contributed by atoms with E-state index >= 15 is 0 Å². The minimum Gasteiger partial charge on any atom is -0.328 e. The lowest BCUT2D eigenvalue weighted by Crippen LogP contribution is -3.26. The molecular formula is C22H24N2+2. The third-order valence-corrected chi connectivity index (χ3v) is 5.87. The molecule has 0 saturated carbocycles. The number of hydrogen-bond donors (Lipinski definition) is 2. The van der Waals surface area contributed by atoms with E-state index in [9.17, 15) is 0 Å². The van der Waals surface area contributed by atoms with Gasteiger partial charge in [-0.15, -0.1) is 0 Å². The van der Waals surface area contributed by atoms with Crippen LogP contribution in [0.5, 0.6) is 0 Å². The van der Waals surface area contributed by atoms with E-state index in [0.29, 0.717) is 0 Å². The van der Waals surface area contributed by atoms with Gasteiger partial charge in [-0.05, 0) is 32.3 Å². The minimum absolute atomic E-state index is 1.15. The molecule has 0 unspecified atom stereocenters. The summed E-state index contributed by atoms with van der Waals surface area (Å²) in [5, 5.41) is 8.44. The Bertz CT molecular complexity index is 997. The van der Waals surface area contributed by atoms with Crippen molar-refractivity contribution in [3.8, 4) is 0 Å². The van der Waals surface area contributed by atoms with E-state index in [0.717, 1.165) is 6.54 Å². The quantitative estimate of drug-likeness (QED) is 0.519. The molecule has 1 fully saturated rings. The molecule has 4 aromatic carbocycles. The monoisotopic (exact) mass is 316 g/mol. The molecule has 0 amide bonds. The lowest BCUT2D eigenvalue weighted by atomic mass is 9.92. The van der Waals surface area contributed by atoms with E-state index in [4.69, 9.17) is 0 Å². The third-order valence-electron chi connectivity index (χ3n) is 5.87. The highest BCUT2D eigenvalue weighted by molar-refractivity contribution is 6.23. The van der Waals surface area contributed by atoms with Crippen LogP contribution in [0.2, 0.25) is 0 Å². The second-order valence-electron chi connectivity index (χ2n) is 7.46. The Morgan fingerprint density at radius 1 is 0.708 bits per heavy atom. The normalized spacial score (nSPS) is 21.9. The summed E-state index contributed by atoms with van der Waals surface area (Å²) in [5.74, 6) is 0. The van der Waals surface area contributed by atoms with Crippen LogP contribution >= 0.6 is 0 Å². The molecule has 0 aromatic heterocycles. The SMILES string of the molecule is C[NH+]1CC[NH+](Cc2ccc3ccc4cccc5ccc2c3c45)CC1. The van der Waals surface area contributed by atoms with E-state index in [1.165, 1.54) is 64.1 Å². The van der Waals surface area contributed by atoms with Crippen LogP contribution in [0.1, 0.15) is 5.56 Å². The van der Waals surface area contributed by atoms with Gasteiger partial charge >= 0.3 is 0 Å². The van der Waals surface area contributed by atoms with Crippen LogP contribution in [-0.2, 0) is 6.54 Å². The molecule has 2 N–H and O–H groups in total. The van der Waals surface area contributed by atoms with Crippen LogP contribution in [0.3, 0.4) is 0 Å². The van der Waals surface area contributed by atoms with Crippen molar-refractivity contribution >= 4 is 32.3 Å². The van der Waals surface area contributed by atoms with Crippen LogP contribution in [0.25, 0.3) is 32.3 Å². The van der Waals surface area contributed by atoms with Gasteiger partial charge in [-0.2, -0.15) is 0 Å². The Balaban J connectivity index is 1.67. The van der Waals surface area contributed by atoms with Gasteiger partial charge < -0.3 is 9.80 Å². The first-order chi connectivity index (χ1) is 11.8. The number of likely N-dealkylation sites (N-methyl/N-ethyl adjacent to an activating group) is 1. The first-order valence-corrected chi connectivity index (χ1v) is 9.10. The molecule has 0 bridgehead atoms. The van der Waals surface area contributed by atoms with Gasteiger partial charge in [-0.1, -0.05) is 54.6 Å². The number of rotatable bonds is 2. The van der Waals surface area contributed by atoms with Gasteiger partial charge in [0.05, 0.1) is 7.05 Å². The van der Waals surface area contributed by atoms with Crippen molar-refractivity contribution in [2.24, 2.45) is 0 Å². The molecular weight excluding hydrogens is 292 g/mol. The van der Waals surface area contributed by atoms with E-state index in [2.05, 4.69) is 61.6 Å². The van der Waals surface area contributed by atoms with Crippen LogP contribution < -0.4 is 9.80 Å². The summed E-state index contributed by atoms with van der Waals surface area (Å²) in [6, 6.07) is 20.5. The second-order valence-corrected chi connectivity index (χ2v) is 7.46. The Labute approximate surface area is 142 Å². The van der Waals surface area contributed by atoms with Gasteiger partial charge in [0, 0.05) is 5.56 Å². The molecule has 0 spiro atoms. The topological polar surface area (TPSA) is 8.88 Å². The number of quaternary nitrogens is 2. The maximum atomic E-state index is 2.36. The molecule has 5 rings (SSSR count). The van der Waals surface area contributed by atoms with E-state index in [1.54, 1.807) is 9.80 Å². The minimum atomic E-state index is 1.15. The maximum absolute atomic E-state index is 2.36. The van der Waals surface area contributed by atoms with Gasteiger partial charge in [0.2, 0.25) is 0 Å². The first kappa shape index (κ1) is 14.2. The fourth-order valence-electron chi connectivity index (χ4n) is 4.43. The van der Waals surface area contributed by atoms with Gasteiger partial charge in [0.25, 0.3) is 0 Å². The predicted molar refractivity (Wildman–Crippen MR) is 101 cm³/mol. The first-order valence-electron chi connectivity index (χ1n) is 9.10. The molecule has 1 aliphatic rings. The van der Waals surface area contributed by atoms with Crippen LogP contribution in [0, 0.1) is 0 Å². The molecule has 4 aromatic rings. The molecule has 24 heavy (non-hydrogen) atoms. The zero-order valence-corrected chi connectivity index (χ0v) is 14.2. The average molecular weight is 316 g/mol. The van der Waals surface area contributed by atoms with Crippen molar-refractivity contribution in [2.45, 2.75) is 6.54 Å². The van der Waals surface area contributed by atoms with Crippen LogP contribution in [0.4, 0.5) is 0 Å². The Morgan fingerprint density at radius 3 is 2.08 bits per heavy atom. The largest absolute Gasteiger partial charge is 0.328 e. The molecule has 2 nitrogen and oxygen atoms in total. The second kappa shape index (κ2) is 5.44. The average Bonchev–Trinajstić information content (AvgIpc) is 2.63. The molecule has 1 saturated heterocycles. The summed E-state index contributed by atoms with van der Waals surface area (Å²) in [6.07, 6.45) is 0. The third kappa shape index (κ3) is 2.18. The summed E-state index contributed by atoms with van der Waals surface area (Å²) < 4.78 is 0. The highest BCUT2D eigenvalue weighted by Gasteiger charge is 2.21. The molecule has 120 valence electrons. The van der Waals surface area contributed by atoms with Gasteiger partial charge in [-0.3, -0.25) is 0 Å². The lowest BCUT2D eigenvalue weighted by Gasteiger charge is -2.27.